The minimum absolute atomic E-state index is 0.0326. The molecular weight excluding hydrogens is 328 g/mol. The molecule has 2 aromatic rings. The first-order chi connectivity index (χ1) is 11.8. The van der Waals surface area contributed by atoms with E-state index in [2.05, 4.69) is 0 Å². The Balaban J connectivity index is 2.38. The van der Waals surface area contributed by atoms with Gasteiger partial charge in [-0.2, -0.15) is 0 Å². The number of carbonyl (C=O) groups is 3. The van der Waals surface area contributed by atoms with Gasteiger partial charge in [-0.25, -0.2) is 0 Å². The van der Waals surface area contributed by atoms with Crippen LogP contribution in [0.5, 0.6) is 23.0 Å². The van der Waals surface area contributed by atoms with Gasteiger partial charge < -0.3 is 19.7 Å². The number of fused-ring (bicyclic) bond motifs is 2. The summed E-state index contributed by atoms with van der Waals surface area (Å²) in [7, 11) is 1.28. The Labute approximate surface area is 142 Å². The molecule has 0 saturated carbocycles. The number of hydrogen-bond acceptors (Lipinski definition) is 7. The molecule has 0 fully saturated rings. The monoisotopic (exact) mass is 342 g/mol. The predicted octanol–water partition coefficient (Wildman–Crippen LogP) is 2.12. The van der Waals surface area contributed by atoms with Gasteiger partial charge in [0.15, 0.2) is 23.1 Å². The van der Waals surface area contributed by atoms with E-state index in [1.54, 1.807) is 6.92 Å². The van der Waals surface area contributed by atoms with Crippen molar-refractivity contribution in [2.24, 2.45) is 0 Å². The standard InChI is InChI=1S/C18H14O7/c1-7-4-9-10(5-11(7)20)16(22)14-12(21)6-13(24-3)18(25-8(2)19)15(14)17(9)23/h4-6,20-21H,1-3H3. The molecule has 0 spiro atoms. The van der Waals surface area contributed by atoms with Crippen LogP contribution in [0.1, 0.15) is 44.3 Å². The first-order valence-corrected chi connectivity index (χ1v) is 7.31. The third-order valence-electron chi connectivity index (χ3n) is 3.97. The Bertz CT molecular complexity index is 957. The van der Waals surface area contributed by atoms with E-state index in [0.29, 0.717) is 5.56 Å². The van der Waals surface area contributed by atoms with Crippen LogP contribution >= 0.6 is 0 Å². The summed E-state index contributed by atoms with van der Waals surface area (Å²) in [6, 6.07) is 3.66. The number of phenolic OH excluding ortho intramolecular Hbond substituents is 2. The van der Waals surface area contributed by atoms with Gasteiger partial charge in [0, 0.05) is 24.1 Å². The molecule has 7 heteroatoms. The second-order valence-corrected chi connectivity index (χ2v) is 5.61. The molecule has 0 unspecified atom stereocenters. The van der Waals surface area contributed by atoms with Gasteiger partial charge >= 0.3 is 5.97 Å². The molecule has 0 amide bonds. The van der Waals surface area contributed by atoms with Crippen molar-refractivity contribution in [2.75, 3.05) is 7.11 Å². The fourth-order valence-corrected chi connectivity index (χ4v) is 2.81. The topological polar surface area (TPSA) is 110 Å². The fraction of sp³-hybridized carbons (Fsp3) is 0.167. The van der Waals surface area contributed by atoms with E-state index in [0.717, 1.165) is 13.0 Å². The summed E-state index contributed by atoms with van der Waals surface area (Å²) in [4.78, 5) is 37.1. The van der Waals surface area contributed by atoms with Crippen LogP contribution in [0.15, 0.2) is 18.2 Å². The molecule has 0 aliphatic heterocycles. The number of ether oxygens (including phenoxy) is 2. The van der Waals surface area contributed by atoms with Crippen molar-refractivity contribution in [1.29, 1.82) is 0 Å². The molecule has 0 atom stereocenters. The van der Waals surface area contributed by atoms with E-state index in [9.17, 15) is 24.6 Å². The quantitative estimate of drug-likeness (QED) is 0.542. The van der Waals surface area contributed by atoms with Crippen molar-refractivity contribution in [1.82, 2.24) is 0 Å². The van der Waals surface area contributed by atoms with Crippen LogP contribution in [-0.4, -0.2) is 34.9 Å². The maximum Gasteiger partial charge on any atom is 0.308 e. The normalized spacial score (nSPS) is 12.4. The van der Waals surface area contributed by atoms with E-state index in [-0.39, 0.29) is 39.5 Å². The highest BCUT2D eigenvalue weighted by molar-refractivity contribution is 6.30. The zero-order valence-corrected chi connectivity index (χ0v) is 13.7. The second kappa shape index (κ2) is 5.62. The minimum atomic E-state index is -0.709. The molecule has 0 bridgehead atoms. The number of esters is 1. The van der Waals surface area contributed by atoms with E-state index < -0.39 is 23.3 Å². The fourth-order valence-electron chi connectivity index (χ4n) is 2.81. The van der Waals surface area contributed by atoms with Crippen molar-refractivity contribution < 1.29 is 34.1 Å². The third kappa shape index (κ3) is 2.40. The van der Waals surface area contributed by atoms with Crippen LogP contribution in [0, 0.1) is 6.92 Å². The molecule has 0 saturated heterocycles. The Morgan fingerprint density at radius 3 is 2.16 bits per heavy atom. The number of rotatable bonds is 2. The van der Waals surface area contributed by atoms with Crippen molar-refractivity contribution in [2.45, 2.75) is 13.8 Å². The summed E-state index contributed by atoms with van der Waals surface area (Å²) in [5, 5.41) is 20.0. The molecule has 0 heterocycles. The average Bonchev–Trinajstić information content (AvgIpc) is 2.55. The third-order valence-corrected chi connectivity index (χ3v) is 3.97. The smallest absolute Gasteiger partial charge is 0.308 e. The zero-order chi connectivity index (χ0) is 18.5. The molecule has 1 aliphatic carbocycles. The molecule has 1 aliphatic rings. The maximum atomic E-state index is 12.9. The van der Waals surface area contributed by atoms with Gasteiger partial charge in [0.2, 0.25) is 0 Å². The number of phenols is 2. The summed E-state index contributed by atoms with van der Waals surface area (Å²) >= 11 is 0. The van der Waals surface area contributed by atoms with Gasteiger partial charge in [-0.15, -0.1) is 0 Å². The van der Waals surface area contributed by atoms with Gasteiger partial charge in [-0.3, -0.25) is 14.4 Å². The molecular formula is C18H14O7. The summed E-state index contributed by atoms with van der Waals surface area (Å²) in [6.07, 6.45) is 0. The minimum Gasteiger partial charge on any atom is -0.508 e. The number of benzene rings is 2. The van der Waals surface area contributed by atoms with E-state index in [1.165, 1.54) is 19.2 Å². The Morgan fingerprint density at radius 1 is 0.960 bits per heavy atom. The summed E-state index contributed by atoms with van der Waals surface area (Å²) in [6.45, 7) is 2.73. The SMILES string of the molecule is COc1cc(O)c2c(c1OC(C)=O)C(=O)c1cc(C)c(O)cc1C2=O. The van der Waals surface area contributed by atoms with Crippen LogP contribution in [-0.2, 0) is 4.79 Å². The first kappa shape index (κ1) is 16.5. The highest BCUT2D eigenvalue weighted by Crippen LogP contribution is 2.44. The lowest BCUT2D eigenvalue weighted by Crippen LogP contribution is -2.23. The number of methoxy groups -OCH3 is 1. The van der Waals surface area contributed by atoms with Crippen molar-refractivity contribution in [3.05, 3.63) is 46.0 Å². The van der Waals surface area contributed by atoms with Crippen LogP contribution < -0.4 is 9.47 Å². The molecule has 2 aromatic carbocycles. The van der Waals surface area contributed by atoms with E-state index >= 15 is 0 Å². The van der Waals surface area contributed by atoms with Crippen molar-refractivity contribution in [3.63, 3.8) is 0 Å². The molecule has 7 nitrogen and oxygen atoms in total. The Kier molecular flexibility index (Phi) is 3.71. The maximum absolute atomic E-state index is 12.9. The van der Waals surface area contributed by atoms with Crippen molar-refractivity contribution in [3.8, 4) is 23.0 Å². The molecule has 2 N–H and O–H groups in total. The molecule has 0 aromatic heterocycles. The number of ketones is 2. The summed E-state index contributed by atoms with van der Waals surface area (Å²) < 4.78 is 10.1. The molecule has 128 valence electrons. The van der Waals surface area contributed by atoms with Crippen LogP contribution in [0.3, 0.4) is 0 Å². The first-order valence-electron chi connectivity index (χ1n) is 7.31. The lowest BCUT2D eigenvalue weighted by Gasteiger charge is -2.22. The van der Waals surface area contributed by atoms with Gasteiger partial charge in [0.1, 0.15) is 11.5 Å². The Hall–Kier alpha value is -3.35. The van der Waals surface area contributed by atoms with Gasteiger partial charge in [-0.05, 0) is 24.6 Å². The number of hydrogen-bond donors (Lipinski definition) is 2. The molecule has 3 rings (SSSR count). The summed E-state index contributed by atoms with van der Waals surface area (Å²) in [5.41, 5.74) is -0.111. The molecule has 25 heavy (non-hydrogen) atoms. The van der Waals surface area contributed by atoms with Gasteiger partial charge in [0.05, 0.1) is 18.2 Å². The van der Waals surface area contributed by atoms with Crippen LogP contribution in [0.4, 0.5) is 0 Å². The van der Waals surface area contributed by atoms with Gasteiger partial charge in [0.25, 0.3) is 0 Å². The predicted molar refractivity (Wildman–Crippen MR) is 85.7 cm³/mol. The average molecular weight is 342 g/mol. The number of aromatic hydroxyl groups is 2. The highest BCUT2D eigenvalue weighted by atomic mass is 16.6. The van der Waals surface area contributed by atoms with Crippen molar-refractivity contribution >= 4 is 17.5 Å². The summed E-state index contributed by atoms with van der Waals surface area (Å²) in [5.74, 6) is -2.88. The lowest BCUT2D eigenvalue weighted by molar-refractivity contribution is -0.132. The van der Waals surface area contributed by atoms with E-state index in [4.69, 9.17) is 9.47 Å². The molecule has 0 radical (unpaired) electrons. The lowest BCUT2D eigenvalue weighted by atomic mass is 9.82. The second-order valence-electron chi connectivity index (χ2n) is 5.61. The van der Waals surface area contributed by atoms with Gasteiger partial charge in [-0.1, -0.05) is 0 Å². The Morgan fingerprint density at radius 2 is 1.56 bits per heavy atom. The largest absolute Gasteiger partial charge is 0.508 e. The number of aryl methyl sites for hydroxylation is 1. The highest BCUT2D eigenvalue weighted by Gasteiger charge is 2.37. The van der Waals surface area contributed by atoms with Crippen LogP contribution in [0.25, 0.3) is 0 Å². The number of carbonyl (C=O) groups excluding carboxylic acids is 3. The zero-order valence-electron chi connectivity index (χ0n) is 13.7. The van der Waals surface area contributed by atoms with E-state index in [1.807, 2.05) is 0 Å². The van der Waals surface area contributed by atoms with Crippen LogP contribution in [0.2, 0.25) is 0 Å².